The molecule has 0 amide bonds. The van der Waals surface area contributed by atoms with Crippen LogP contribution in [0.4, 0.5) is 0 Å². The van der Waals surface area contributed by atoms with Gasteiger partial charge in [0.25, 0.3) is 0 Å². The van der Waals surface area contributed by atoms with E-state index in [1.807, 2.05) is 16.8 Å². The first kappa shape index (κ1) is 12.6. The molecule has 0 bridgehead atoms. The van der Waals surface area contributed by atoms with Gasteiger partial charge >= 0.3 is 0 Å². The minimum Gasteiger partial charge on any atom is -0.325 e. The van der Waals surface area contributed by atoms with E-state index >= 15 is 0 Å². The Morgan fingerprint density at radius 3 is 2.53 bits per heavy atom. The van der Waals surface area contributed by atoms with Gasteiger partial charge in [-0.2, -0.15) is 5.10 Å². The summed E-state index contributed by atoms with van der Waals surface area (Å²) in [6.45, 7) is 1.25. The normalized spacial score (nSPS) is 11.1. The van der Waals surface area contributed by atoms with Gasteiger partial charge in [-0.1, -0.05) is 30.3 Å². The molecule has 0 unspecified atom stereocenters. The van der Waals surface area contributed by atoms with Gasteiger partial charge in [0.1, 0.15) is 0 Å². The fraction of sp³-hybridized carbons (Fsp3) is 0.133. The van der Waals surface area contributed by atoms with E-state index < -0.39 is 0 Å². The Bertz CT molecular complexity index is 701. The van der Waals surface area contributed by atoms with Crippen molar-refractivity contribution < 1.29 is 0 Å². The van der Waals surface area contributed by atoms with E-state index in [1.165, 1.54) is 9.13 Å². The zero-order chi connectivity index (χ0) is 13.2. The third kappa shape index (κ3) is 2.50. The molecule has 0 fully saturated rings. The van der Waals surface area contributed by atoms with Crippen LogP contribution in [-0.2, 0) is 13.1 Å². The highest BCUT2D eigenvalue weighted by Gasteiger charge is 2.08. The minimum atomic E-state index is 0.472. The first-order valence-corrected chi connectivity index (χ1v) is 7.25. The first-order valence-electron chi connectivity index (χ1n) is 6.17. The van der Waals surface area contributed by atoms with Crippen molar-refractivity contribution in [3.05, 3.63) is 63.4 Å². The second-order valence-electron chi connectivity index (χ2n) is 4.45. The van der Waals surface area contributed by atoms with Crippen LogP contribution in [0.3, 0.4) is 0 Å². The van der Waals surface area contributed by atoms with Crippen molar-refractivity contribution in [3.63, 3.8) is 0 Å². The van der Waals surface area contributed by atoms with Gasteiger partial charge < -0.3 is 5.73 Å². The van der Waals surface area contributed by atoms with E-state index in [0.717, 1.165) is 23.1 Å². The molecule has 2 N–H and O–H groups in total. The number of benzene rings is 2. The molecular formula is C15H14IN3. The molecule has 0 saturated heterocycles. The minimum absolute atomic E-state index is 0.472. The second kappa shape index (κ2) is 5.30. The number of nitrogens with zero attached hydrogens (tertiary/aromatic N) is 2. The highest BCUT2D eigenvalue weighted by Crippen LogP contribution is 2.19. The molecule has 0 spiro atoms. The van der Waals surface area contributed by atoms with E-state index in [0.29, 0.717) is 6.54 Å². The lowest BCUT2D eigenvalue weighted by molar-refractivity contribution is 0.694. The van der Waals surface area contributed by atoms with Crippen molar-refractivity contribution in [2.24, 2.45) is 5.73 Å². The molecule has 2 aromatic carbocycles. The van der Waals surface area contributed by atoms with Gasteiger partial charge in [-0.25, -0.2) is 0 Å². The Morgan fingerprint density at radius 2 is 1.79 bits per heavy atom. The van der Waals surface area contributed by atoms with Crippen molar-refractivity contribution >= 4 is 33.5 Å². The number of hydrogen-bond acceptors (Lipinski definition) is 2. The average molecular weight is 363 g/mol. The lowest BCUT2D eigenvalue weighted by atomic mass is 10.2. The largest absolute Gasteiger partial charge is 0.325 e. The summed E-state index contributed by atoms with van der Waals surface area (Å²) in [6, 6.07) is 16.7. The SMILES string of the molecule is NCc1nn(Cc2ccc(I)cc2)c2ccccc12. The van der Waals surface area contributed by atoms with Crippen LogP contribution in [-0.4, -0.2) is 9.78 Å². The highest BCUT2D eigenvalue weighted by molar-refractivity contribution is 14.1. The van der Waals surface area contributed by atoms with Gasteiger partial charge in [0.2, 0.25) is 0 Å². The van der Waals surface area contributed by atoms with Crippen molar-refractivity contribution in [2.75, 3.05) is 0 Å². The van der Waals surface area contributed by atoms with Crippen LogP contribution in [0.25, 0.3) is 10.9 Å². The van der Waals surface area contributed by atoms with Gasteiger partial charge in [0.15, 0.2) is 0 Å². The van der Waals surface area contributed by atoms with Crippen LogP contribution < -0.4 is 5.73 Å². The monoisotopic (exact) mass is 363 g/mol. The summed E-state index contributed by atoms with van der Waals surface area (Å²) in [6.07, 6.45) is 0. The molecule has 4 heteroatoms. The van der Waals surface area contributed by atoms with Crippen LogP contribution in [0, 0.1) is 3.57 Å². The van der Waals surface area contributed by atoms with E-state index in [1.54, 1.807) is 0 Å². The molecule has 3 nitrogen and oxygen atoms in total. The summed E-state index contributed by atoms with van der Waals surface area (Å²) in [4.78, 5) is 0. The predicted octanol–water partition coefficient (Wildman–Crippen LogP) is 3.15. The van der Waals surface area contributed by atoms with Crippen LogP contribution in [0.5, 0.6) is 0 Å². The lowest BCUT2D eigenvalue weighted by Gasteiger charge is -2.04. The molecule has 1 aromatic heterocycles. The van der Waals surface area contributed by atoms with Crippen molar-refractivity contribution in [1.82, 2.24) is 9.78 Å². The molecular weight excluding hydrogens is 349 g/mol. The standard InChI is InChI=1S/C15H14IN3/c16-12-7-5-11(6-8-12)10-19-15-4-2-1-3-13(15)14(9-17)18-19/h1-8H,9-10,17H2. The van der Waals surface area contributed by atoms with Gasteiger partial charge in [-0.15, -0.1) is 0 Å². The molecule has 0 aliphatic heterocycles. The molecule has 0 radical (unpaired) electrons. The zero-order valence-corrected chi connectivity index (χ0v) is 12.5. The summed E-state index contributed by atoms with van der Waals surface area (Å²) in [7, 11) is 0. The Balaban J connectivity index is 2.03. The van der Waals surface area contributed by atoms with Crippen molar-refractivity contribution in [1.29, 1.82) is 0 Å². The Hall–Kier alpha value is -1.40. The molecule has 0 saturated carbocycles. The number of rotatable bonds is 3. The topological polar surface area (TPSA) is 43.8 Å². The van der Waals surface area contributed by atoms with Crippen LogP contribution in [0.15, 0.2) is 48.5 Å². The number of fused-ring (bicyclic) bond motifs is 1. The van der Waals surface area contributed by atoms with Gasteiger partial charge in [0.05, 0.1) is 17.8 Å². The molecule has 96 valence electrons. The van der Waals surface area contributed by atoms with Gasteiger partial charge in [-0.05, 0) is 46.4 Å². The number of halogens is 1. The van der Waals surface area contributed by atoms with Gasteiger partial charge in [-0.3, -0.25) is 4.68 Å². The third-order valence-electron chi connectivity index (χ3n) is 3.17. The van der Waals surface area contributed by atoms with Crippen LogP contribution in [0.2, 0.25) is 0 Å². The summed E-state index contributed by atoms with van der Waals surface area (Å²) >= 11 is 2.31. The van der Waals surface area contributed by atoms with Crippen molar-refractivity contribution in [3.8, 4) is 0 Å². The Morgan fingerprint density at radius 1 is 1.05 bits per heavy atom. The third-order valence-corrected chi connectivity index (χ3v) is 3.89. The van der Waals surface area contributed by atoms with E-state index in [-0.39, 0.29) is 0 Å². The molecule has 0 aliphatic rings. The maximum atomic E-state index is 5.77. The fourth-order valence-electron chi connectivity index (χ4n) is 2.23. The maximum absolute atomic E-state index is 5.77. The molecule has 1 heterocycles. The quantitative estimate of drug-likeness (QED) is 0.727. The second-order valence-corrected chi connectivity index (χ2v) is 5.70. The van der Waals surface area contributed by atoms with Crippen LogP contribution in [0.1, 0.15) is 11.3 Å². The summed E-state index contributed by atoms with van der Waals surface area (Å²) in [5, 5.41) is 5.76. The van der Waals surface area contributed by atoms with E-state index in [4.69, 9.17) is 5.73 Å². The molecule has 19 heavy (non-hydrogen) atoms. The summed E-state index contributed by atoms with van der Waals surface area (Å²) in [5.41, 5.74) is 9.11. The summed E-state index contributed by atoms with van der Waals surface area (Å²) < 4.78 is 3.27. The Labute approximate surface area is 125 Å². The maximum Gasteiger partial charge on any atom is 0.0839 e. The highest BCUT2D eigenvalue weighted by atomic mass is 127. The first-order chi connectivity index (χ1) is 9.28. The Kier molecular flexibility index (Phi) is 3.52. The molecule has 3 rings (SSSR count). The zero-order valence-electron chi connectivity index (χ0n) is 10.4. The van der Waals surface area contributed by atoms with E-state index in [2.05, 4.69) is 64.1 Å². The number of para-hydroxylation sites is 1. The van der Waals surface area contributed by atoms with E-state index in [9.17, 15) is 0 Å². The summed E-state index contributed by atoms with van der Waals surface area (Å²) in [5.74, 6) is 0. The van der Waals surface area contributed by atoms with Gasteiger partial charge in [0, 0.05) is 15.5 Å². The number of nitrogens with two attached hydrogens (primary N) is 1. The molecule has 3 aromatic rings. The number of aromatic nitrogens is 2. The predicted molar refractivity (Wildman–Crippen MR) is 85.9 cm³/mol. The molecule has 0 aliphatic carbocycles. The smallest absolute Gasteiger partial charge is 0.0839 e. The number of hydrogen-bond donors (Lipinski definition) is 1. The molecule has 0 atom stereocenters. The van der Waals surface area contributed by atoms with Crippen molar-refractivity contribution in [2.45, 2.75) is 13.1 Å². The average Bonchev–Trinajstić information content (AvgIpc) is 2.80. The lowest BCUT2D eigenvalue weighted by Crippen LogP contribution is -2.04. The van der Waals surface area contributed by atoms with Crippen LogP contribution >= 0.6 is 22.6 Å². The fourth-order valence-corrected chi connectivity index (χ4v) is 2.59.